The number of rotatable bonds is 7. The lowest BCUT2D eigenvalue weighted by molar-refractivity contribution is -0.139. The Bertz CT molecular complexity index is 1780. The summed E-state index contributed by atoms with van der Waals surface area (Å²) in [5.74, 6) is 0.164. The second-order valence-electron chi connectivity index (χ2n) is 8.94. The minimum atomic E-state index is -0.693. The fourth-order valence-corrected chi connectivity index (χ4v) is 7.06. The lowest BCUT2D eigenvalue weighted by Crippen LogP contribution is -2.39. The van der Waals surface area contributed by atoms with Crippen LogP contribution in [0.3, 0.4) is 0 Å². The van der Waals surface area contributed by atoms with E-state index in [9.17, 15) is 9.59 Å². The van der Waals surface area contributed by atoms with E-state index in [1.807, 2.05) is 60.7 Å². The summed E-state index contributed by atoms with van der Waals surface area (Å²) in [6.07, 6.45) is 1.81. The summed E-state index contributed by atoms with van der Waals surface area (Å²) in [7, 11) is 0. The van der Waals surface area contributed by atoms with E-state index in [-0.39, 0.29) is 12.2 Å². The van der Waals surface area contributed by atoms with E-state index < -0.39 is 12.0 Å². The Morgan fingerprint density at radius 1 is 1.10 bits per heavy atom. The van der Waals surface area contributed by atoms with Gasteiger partial charge < -0.3 is 9.47 Å². The molecule has 0 bridgehead atoms. The molecule has 1 aliphatic heterocycles. The van der Waals surface area contributed by atoms with Crippen molar-refractivity contribution in [3.05, 3.63) is 128 Å². The molecule has 1 aromatic heterocycles. The van der Waals surface area contributed by atoms with Crippen LogP contribution in [0.2, 0.25) is 5.02 Å². The molecular weight excluding hydrogens is 680 g/mol. The van der Waals surface area contributed by atoms with Gasteiger partial charge in [0.05, 0.1) is 37.4 Å². The highest BCUT2D eigenvalue weighted by Gasteiger charge is 2.33. The number of halogens is 3. The fourth-order valence-electron chi connectivity index (χ4n) is 4.43. The van der Waals surface area contributed by atoms with Gasteiger partial charge in [-0.25, -0.2) is 9.79 Å². The van der Waals surface area contributed by atoms with E-state index in [4.69, 9.17) is 21.1 Å². The van der Waals surface area contributed by atoms with Crippen molar-refractivity contribution in [3.63, 3.8) is 0 Å². The van der Waals surface area contributed by atoms with Crippen molar-refractivity contribution < 1.29 is 14.3 Å². The Balaban J connectivity index is 1.56. The Morgan fingerprint density at radius 3 is 2.42 bits per heavy atom. The van der Waals surface area contributed by atoms with Crippen LogP contribution in [0.4, 0.5) is 0 Å². The minimum absolute atomic E-state index is 0.211. The number of ether oxygens (including phenoxy) is 2. The zero-order valence-electron chi connectivity index (χ0n) is 21.5. The highest BCUT2D eigenvalue weighted by Crippen LogP contribution is 2.36. The first kappa shape index (κ1) is 28.5. The predicted molar refractivity (Wildman–Crippen MR) is 164 cm³/mol. The van der Waals surface area contributed by atoms with E-state index in [2.05, 4.69) is 36.9 Å². The van der Waals surface area contributed by atoms with Gasteiger partial charge in [-0.3, -0.25) is 9.36 Å². The Kier molecular flexibility index (Phi) is 8.75. The van der Waals surface area contributed by atoms with Crippen LogP contribution in [0, 0.1) is 0 Å². The van der Waals surface area contributed by atoms with Crippen LogP contribution >= 0.6 is 54.8 Å². The molecule has 3 aromatic carbocycles. The molecule has 1 aliphatic rings. The summed E-state index contributed by atoms with van der Waals surface area (Å²) >= 11 is 14.6. The van der Waals surface area contributed by atoms with Gasteiger partial charge in [-0.1, -0.05) is 65.4 Å². The lowest BCUT2D eigenvalue weighted by Gasteiger charge is -2.24. The molecule has 0 N–H and O–H groups in total. The SMILES string of the molecule is CCOC(=O)C1=C(C)N=c2sc(=Cc3cc(Br)c(OCc4ccccc4)c(Br)c3)c(=O)n2[C@H]1c1ccc(Cl)cc1. The zero-order chi connectivity index (χ0) is 28.4. The van der Waals surface area contributed by atoms with Crippen molar-refractivity contribution in [2.24, 2.45) is 4.99 Å². The van der Waals surface area contributed by atoms with E-state index in [1.165, 1.54) is 11.3 Å². The van der Waals surface area contributed by atoms with Gasteiger partial charge in [0.25, 0.3) is 5.56 Å². The van der Waals surface area contributed by atoms with Crippen LogP contribution in [0.1, 0.15) is 36.6 Å². The molecule has 1 atom stereocenters. The van der Waals surface area contributed by atoms with Crippen LogP contribution < -0.4 is 19.6 Å². The molecule has 10 heteroatoms. The van der Waals surface area contributed by atoms with Gasteiger partial charge in [0, 0.05) is 5.02 Å². The first-order valence-electron chi connectivity index (χ1n) is 12.4. The van der Waals surface area contributed by atoms with Gasteiger partial charge in [-0.15, -0.1) is 0 Å². The van der Waals surface area contributed by atoms with Crippen LogP contribution in [-0.2, 0) is 16.1 Å². The van der Waals surface area contributed by atoms with Gasteiger partial charge in [0.15, 0.2) is 4.80 Å². The number of nitrogens with zero attached hydrogens (tertiary/aromatic N) is 2. The van der Waals surface area contributed by atoms with Crippen LogP contribution in [0.25, 0.3) is 6.08 Å². The number of benzene rings is 3. The second kappa shape index (κ2) is 12.3. The molecule has 0 aliphatic carbocycles. The first-order valence-corrected chi connectivity index (χ1v) is 15.2. The third kappa shape index (κ3) is 5.88. The number of hydrogen-bond donors (Lipinski definition) is 0. The smallest absolute Gasteiger partial charge is 0.338 e. The highest BCUT2D eigenvalue weighted by molar-refractivity contribution is 9.11. The zero-order valence-corrected chi connectivity index (χ0v) is 26.2. The molecule has 0 spiro atoms. The molecule has 0 saturated heterocycles. The molecular formula is C30H23Br2ClN2O4S. The third-order valence-corrected chi connectivity index (χ3v) is 8.66. The summed E-state index contributed by atoms with van der Waals surface area (Å²) in [6.45, 7) is 4.13. The lowest BCUT2D eigenvalue weighted by atomic mass is 9.96. The quantitative estimate of drug-likeness (QED) is 0.205. The number of fused-ring (bicyclic) bond motifs is 1. The molecule has 0 radical (unpaired) electrons. The molecule has 2 heterocycles. The highest BCUT2D eigenvalue weighted by atomic mass is 79.9. The molecule has 0 saturated carbocycles. The fraction of sp³-hybridized carbons (Fsp3) is 0.167. The van der Waals surface area contributed by atoms with Crippen molar-refractivity contribution in [2.75, 3.05) is 6.61 Å². The standard InChI is InChI=1S/C30H23Br2ClN2O4S/c1-3-38-29(37)25-17(2)34-30-35(26(25)20-9-11-21(33)12-10-20)28(36)24(40-30)15-19-13-22(31)27(23(32)14-19)39-16-18-7-5-4-6-8-18/h4-15,26H,3,16H2,1-2H3/t26-/m0/s1. The predicted octanol–water partition coefficient (Wildman–Crippen LogP) is 6.56. The first-order chi connectivity index (χ1) is 19.3. The number of hydrogen-bond acceptors (Lipinski definition) is 6. The number of carbonyl (C=O) groups excluding carboxylic acids is 1. The summed E-state index contributed by atoms with van der Waals surface area (Å²) in [5.41, 5.74) is 3.17. The monoisotopic (exact) mass is 700 g/mol. The molecule has 5 rings (SSSR count). The Morgan fingerprint density at radius 2 is 1.77 bits per heavy atom. The number of allylic oxidation sites excluding steroid dienone is 1. The summed E-state index contributed by atoms with van der Waals surface area (Å²) in [6, 6.07) is 20.1. The average Bonchev–Trinajstić information content (AvgIpc) is 3.22. The second-order valence-corrected chi connectivity index (χ2v) is 12.1. The van der Waals surface area contributed by atoms with Crippen molar-refractivity contribution in [1.82, 2.24) is 4.57 Å². The minimum Gasteiger partial charge on any atom is -0.487 e. The van der Waals surface area contributed by atoms with E-state index in [0.717, 1.165) is 25.6 Å². The van der Waals surface area contributed by atoms with Crippen LogP contribution in [-0.4, -0.2) is 17.1 Å². The number of aromatic nitrogens is 1. The third-order valence-electron chi connectivity index (χ3n) is 6.25. The molecule has 204 valence electrons. The molecule has 0 fully saturated rings. The van der Waals surface area contributed by atoms with Crippen molar-refractivity contribution >= 4 is 66.8 Å². The maximum Gasteiger partial charge on any atom is 0.338 e. The van der Waals surface area contributed by atoms with Gasteiger partial charge >= 0.3 is 5.97 Å². The van der Waals surface area contributed by atoms with Gasteiger partial charge in [0.2, 0.25) is 0 Å². The Hall–Kier alpha value is -2.98. The summed E-state index contributed by atoms with van der Waals surface area (Å²) in [4.78, 5) is 32.0. The molecule has 0 unspecified atom stereocenters. The topological polar surface area (TPSA) is 69.9 Å². The molecule has 0 amide bonds. The van der Waals surface area contributed by atoms with Crippen LogP contribution in [0.15, 0.2) is 96.7 Å². The van der Waals surface area contributed by atoms with E-state index >= 15 is 0 Å². The van der Waals surface area contributed by atoms with Crippen molar-refractivity contribution in [3.8, 4) is 5.75 Å². The van der Waals surface area contributed by atoms with Gasteiger partial charge in [-0.2, -0.15) is 0 Å². The Labute approximate surface area is 256 Å². The number of esters is 1. The molecule has 6 nitrogen and oxygen atoms in total. The summed E-state index contributed by atoms with van der Waals surface area (Å²) in [5, 5.41) is 0.557. The number of thiazole rings is 1. The van der Waals surface area contributed by atoms with Gasteiger partial charge in [-0.05, 0) is 92.7 Å². The van der Waals surface area contributed by atoms with Crippen molar-refractivity contribution in [2.45, 2.75) is 26.5 Å². The molecule has 4 aromatic rings. The summed E-state index contributed by atoms with van der Waals surface area (Å²) < 4.78 is 14.9. The maximum atomic E-state index is 13.8. The largest absolute Gasteiger partial charge is 0.487 e. The van der Waals surface area contributed by atoms with Gasteiger partial charge in [0.1, 0.15) is 12.4 Å². The van der Waals surface area contributed by atoms with E-state index in [0.29, 0.717) is 38.0 Å². The number of carbonyl (C=O) groups is 1. The van der Waals surface area contributed by atoms with Crippen molar-refractivity contribution in [1.29, 1.82) is 0 Å². The van der Waals surface area contributed by atoms with Crippen LogP contribution in [0.5, 0.6) is 5.75 Å². The molecule has 40 heavy (non-hydrogen) atoms. The average molecular weight is 703 g/mol. The normalized spacial score (nSPS) is 15.0. The maximum absolute atomic E-state index is 13.8. The van der Waals surface area contributed by atoms with E-state index in [1.54, 1.807) is 30.5 Å².